The molecule has 1 amide bonds. The Bertz CT molecular complexity index is 295. The molecule has 1 saturated heterocycles. The van der Waals surface area contributed by atoms with Gasteiger partial charge in [-0.3, -0.25) is 4.90 Å². The van der Waals surface area contributed by atoms with Crippen molar-refractivity contribution in [2.75, 3.05) is 6.54 Å². The summed E-state index contributed by atoms with van der Waals surface area (Å²) in [5.74, 6) is 0.933. The Hall–Kier alpha value is -1.06. The molecule has 0 radical (unpaired) electrons. The highest BCUT2D eigenvalue weighted by atomic mass is 16.6. The molecule has 3 atom stereocenters. The summed E-state index contributed by atoms with van der Waals surface area (Å²) in [5, 5.41) is 0. The zero-order valence-electron chi connectivity index (χ0n) is 9.40. The maximum absolute atomic E-state index is 11.7. The van der Waals surface area contributed by atoms with E-state index in [2.05, 4.69) is 0 Å². The molecule has 2 rings (SSSR count). The number of ether oxygens (including phenoxy) is 1. The lowest BCUT2D eigenvalue weighted by Crippen LogP contribution is -2.42. The number of nitrogens with zero attached hydrogens (tertiary/aromatic N) is 1. The average Bonchev–Trinajstić information content (AvgIpc) is 2.75. The zero-order chi connectivity index (χ0) is 11.2. The second-order valence-corrected chi connectivity index (χ2v) is 5.42. The number of fused-ring (bicyclic) bond motifs is 1. The van der Waals surface area contributed by atoms with E-state index in [0.29, 0.717) is 18.4 Å². The van der Waals surface area contributed by atoms with Gasteiger partial charge in [0.05, 0.1) is 6.04 Å². The second-order valence-electron chi connectivity index (χ2n) is 5.42. The third kappa shape index (κ3) is 1.98. The molecule has 0 aromatic carbocycles. The van der Waals surface area contributed by atoms with Gasteiger partial charge in [0.2, 0.25) is 0 Å². The lowest BCUT2D eigenvalue weighted by molar-refractivity contribution is -0.112. The van der Waals surface area contributed by atoms with E-state index in [1.807, 2.05) is 20.8 Å². The van der Waals surface area contributed by atoms with Crippen molar-refractivity contribution in [1.82, 2.24) is 4.90 Å². The van der Waals surface area contributed by atoms with Gasteiger partial charge in [0.25, 0.3) is 0 Å². The van der Waals surface area contributed by atoms with Gasteiger partial charge in [0.15, 0.2) is 0 Å². The predicted molar refractivity (Wildman–Crippen MR) is 54.4 cm³/mol. The molecule has 4 heteroatoms. The molecule has 0 aromatic heterocycles. The molecule has 1 aliphatic carbocycles. The summed E-state index contributed by atoms with van der Waals surface area (Å²) in [6, 6.07) is -0.246. The van der Waals surface area contributed by atoms with E-state index in [-0.39, 0.29) is 12.1 Å². The molecule has 0 aromatic rings. The van der Waals surface area contributed by atoms with Gasteiger partial charge in [-0.05, 0) is 39.0 Å². The summed E-state index contributed by atoms with van der Waals surface area (Å²) in [7, 11) is 0. The molecule has 1 aliphatic heterocycles. The molecule has 84 valence electrons. The Balaban J connectivity index is 1.99. The van der Waals surface area contributed by atoms with Crippen molar-refractivity contribution >= 4 is 12.4 Å². The molecule has 2 aliphatic rings. The largest absolute Gasteiger partial charge is 0.444 e. The van der Waals surface area contributed by atoms with Crippen LogP contribution in [0.2, 0.25) is 0 Å². The highest BCUT2D eigenvalue weighted by Crippen LogP contribution is 2.49. The van der Waals surface area contributed by atoms with Crippen LogP contribution in [-0.4, -0.2) is 35.5 Å². The van der Waals surface area contributed by atoms with Crippen LogP contribution in [0.3, 0.4) is 0 Å². The number of hydrogen-bond acceptors (Lipinski definition) is 3. The van der Waals surface area contributed by atoms with E-state index in [0.717, 1.165) is 12.7 Å². The van der Waals surface area contributed by atoms with E-state index >= 15 is 0 Å². The first-order valence-corrected chi connectivity index (χ1v) is 5.37. The van der Waals surface area contributed by atoms with Crippen LogP contribution >= 0.6 is 0 Å². The topological polar surface area (TPSA) is 46.6 Å². The van der Waals surface area contributed by atoms with E-state index in [1.165, 1.54) is 0 Å². The number of hydrogen-bond donors (Lipinski definition) is 0. The summed E-state index contributed by atoms with van der Waals surface area (Å²) in [5.41, 5.74) is -0.489. The van der Waals surface area contributed by atoms with Gasteiger partial charge >= 0.3 is 6.09 Å². The second kappa shape index (κ2) is 3.22. The number of aldehydes is 1. The zero-order valence-corrected chi connectivity index (χ0v) is 9.40. The van der Waals surface area contributed by atoms with Crippen molar-refractivity contribution in [3.05, 3.63) is 0 Å². The summed E-state index contributed by atoms with van der Waals surface area (Å²) in [6.07, 6.45) is 1.61. The quantitative estimate of drug-likeness (QED) is 0.616. The number of carbonyl (C=O) groups is 2. The Kier molecular flexibility index (Phi) is 2.24. The smallest absolute Gasteiger partial charge is 0.410 e. The lowest BCUT2D eigenvalue weighted by Gasteiger charge is -2.27. The first-order chi connectivity index (χ1) is 6.92. The van der Waals surface area contributed by atoms with Crippen LogP contribution in [0.1, 0.15) is 27.2 Å². The fraction of sp³-hybridized carbons (Fsp3) is 0.818. The summed E-state index contributed by atoms with van der Waals surface area (Å²) in [4.78, 5) is 24.2. The van der Waals surface area contributed by atoms with E-state index in [9.17, 15) is 9.59 Å². The molecular weight excluding hydrogens is 194 g/mol. The van der Waals surface area contributed by atoms with Crippen LogP contribution in [0.4, 0.5) is 4.79 Å². The van der Waals surface area contributed by atoms with Gasteiger partial charge < -0.3 is 9.53 Å². The molecule has 0 unspecified atom stereocenters. The third-order valence-corrected chi connectivity index (χ3v) is 2.97. The van der Waals surface area contributed by atoms with Crippen molar-refractivity contribution in [2.45, 2.75) is 38.8 Å². The van der Waals surface area contributed by atoms with Crippen molar-refractivity contribution in [1.29, 1.82) is 0 Å². The van der Waals surface area contributed by atoms with Crippen LogP contribution in [-0.2, 0) is 9.53 Å². The van der Waals surface area contributed by atoms with Crippen LogP contribution in [0, 0.1) is 11.8 Å². The van der Waals surface area contributed by atoms with Gasteiger partial charge in [-0.1, -0.05) is 0 Å². The standard InChI is InChI=1S/C11H17NO3/c1-11(2,3)15-10(14)12-5-7-4-8(7)9(12)6-13/h6-9H,4-5H2,1-3H3/t7-,8-,9-/m1/s1. The van der Waals surface area contributed by atoms with Crippen LogP contribution < -0.4 is 0 Å². The minimum atomic E-state index is -0.489. The minimum absolute atomic E-state index is 0.246. The fourth-order valence-corrected chi connectivity index (χ4v) is 2.20. The van der Waals surface area contributed by atoms with Crippen molar-refractivity contribution in [3.8, 4) is 0 Å². The van der Waals surface area contributed by atoms with Crippen molar-refractivity contribution in [3.63, 3.8) is 0 Å². The maximum atomic E-state index is 11.7. The maximum Gasteiger partial charge on any atom is 0.410 e. The first kappa shape index (κ1) is 10.5. The van der Waals surface area contributed by atoms with Gasteiger partial charge in [0, 0.05) is 6.54 Å². The lowest BCUT2D eigenvalue weighted by atomic mass is 10.2. The highest BCUT2D eigenvalue weighted by molar-refractivity contribution is 5.75. The predicted octanol–water partition coefficient (Wildman–Crippen LogP) is 1.44. The normalized spacial score (nSPS) is 33.5. The number of piperidine rings is 1. The SMILES string of the molecule is CC(C)(C)OC(=O)N1C[C@H]2C[C@H]2[C@H]1C=O. The summed E-state index contributed by atoms with van der Waals surface area (Å²) in [6.45, 7) is 6.18. The van der Waals surface area contributed by atoms with Gasteiger partial charge in [0.1, 0.15) is 11.9 Å². The molecule has 1 saturated carbocycles. The average molecular weight is 211 g/mol. The number of rotatable bonds is 1. The number of amides is 1. The van der Waals surface area contributed by atoms with E-state index in [4.69, 9.17) is 4.74 Å². The Morgan fingerprint density at radius 1 is 1.47 bits per heavy atom. The monoisotopic (exact) mass is 211 g/mol. The third-order valence-electron chi connectivity index (χ3n) is 2.97. The van der Waals surface area contributed by atoms with Gasteiger partial charge in [-0.25, -0.2) is 4.79 Å². The molecule has 0 spiro atoms. The van der Waals surface area contributed by atoms with E-state index in [1.54, 1.807) is 4.90 Å². The highest BCUT2D eigenvalue weighted by Gasteiger charge is 2.54. The van der Waals surface area contributed by atoms with Crippen LogP contribution in [0.5, 0.6) is 0 Å². The minimum Gasteiger partial charge on any atom is -0.444 e. The summed E-state index contributed by atoms with van der Waals surface area (Å²) < 4.78 is 5.25. The summed E-state index contributed by atoms with van der Waals surface area (Å²) >= 11 is 0. The van der Waals surface area contributed by atoms with Crippen molar-refractivity contribution < 1.29 is 14.3 Å². The van der Waals surface area contributed by atoms with Crippen LogP contribution in [0.25, 0.3) is 0 Å². The number of likely N-dealkylation sites (tertiary alicyclic amines) is 1. The molecule has 1 heterocycles. The Labute approximate surface area is 89.6 Å². The molecular formula is C11H17NO3. The van der Waals surface area contributed by atoms with Gasteiger partial charge in [-0.15, -0.1) is 0 Å². The van der Waals surface area contributed by atoms with Crippen molar-refractivity contribution in [2.24, 2.45) is 11.8 Å². The molecule has 0 N–H and O–H groups in total. The molecule has 15 heavy (non-hydrogen) atoms. The Morgan fingerprint density at radius 2 is 2.13 bits per heavy atom. The Morgan fingerprint density at radius 3 is 2.67 bits per heavy atom. The molecule has 2 fully saturated rings. The molecule has 0 bridgehead atoms. The number of carbonyl (C=O) groups excluding carboxylic acids is 2. The van der Waals surface area contributed by atoms with Gasteiger partial charge in [-0.2, -0.15) is 0 Å². The van der Waals surface area contributed by atoms with Crippen LogP contribution in [0.15, 0.2) is 0 Å². The molecule has 4 nitrogen and oxygen atoms in total. The van der Waals surface area contributed by atoms with E-state index < -0.39 is 5.60 Å². The fourth-order valence-electron chi connectivity index (χ4n) is 2.20. The first-order valence-electron chi connectivity index (χ1n) is 5.37.